The van der Waals surface area contributed by atoms with Crippen LogP contribution < -0.4 is 9.80 Å². The molecule has 2 aromatic carbocycles. The summed E-state index contributed by atoms with van der Waals surface area (Å²) in [6.07, 6.45) is 3.37. The predicted molar refractivity (Wildman–Crippen MR) is 120 cm³/mol. The lowest BCUT2D eigenvalue weighted by atomic mass is 9.76. The highest BCUT2D eigenvalue weighted by Crippen LogP contribution is 2.46. The fourth-order valence-electron chi connectivity index (χ4n) is 5.13. The van der Waals surface area contributed by atoms with E-state index in [1.807, 2.05) is 31.2 Å². The Balaban J connectivity index is 1.47. The molecule has 5 nitrogen and oxygen atoms in total. The van der Waals surface area contributed by atoms with Gasteiger partial charge in [0.1, 0.15) is 6.07 Å². The number of nitriles is 1. The SMILES string of the molecule is Cc1c(N2CC3(CCN(c4ccc(C(=O)O)cc4)CC3)CC2C)ccc(C#N)c1Cl. The molecule has 1 atom stereocenters. The lowest BCUT2D eigenvalue weighted by Gasteiger charge is -2.40. The topological polar surface area (TPSA) is 67.6 Å². The largest absolute Gasteiger partial charge is 0.478 e. The van der Waals surface area contributed by atoms with E-state index in [4.69, 9.17) is 16.7 Å². The zero-order chi connectivity index (χ0) is 21.5. The molecule has 0 amide bonds. The molecule has 0 bridgehead atoms. The smallest absolute Gasteiger partial charge is 0.335 e. The van der Waals surface area contributed by atoms with E-state index in [1.54, 1.807) is 12.1 Å². The number of carboxylic acids is 1. The number of halogens is 1. The third-order valence-corrected chi connectivity index (χ3v) is 7.34. The number of aromatic carboxylic acids is 1. The first kappa shape index (κ1) is 20.6. The molecule has 0 saturated carbocycles. The molecule has 30 heavy (non-hydrogen) atoms. The van der Waals surface area contributed by atoms with Gasteiger partial charge in [-0.05, 0) is 80.5 Å². The Morgan fingerprint density at radius 2 is 1.87 bits per heavy atom. The van der Waals surface area contributed by atoms with Gasteiger partial charge in [-0.25, -0.2) is 4.79 Å². The van der Waals surface area contributed by atoms with Crippen molar-refractivity contribution in [2.45, 2.75) is 39.2 Å². The van der Waals surface area contributed by atoms with Gasteiger partial charge in [-0.15, -0.1) is 0 Å². The van der Waals surface area contributed by atoms with Crippen LogP contribution in [0.1, 0.15) is 47.7 Å². The van der Waals surface area contributed by atoms with Crippen LogP contribution in [-0.4, -0.2) is 36.8 Å². The van der Waals surface area contributed by atoms with Crippen molar-refractivity contribution in [2.75, 3.05) is 29.4 Å². The van der Waals surface area contributed by atoms with E-state index >= 15 is 0 Å². The third-order valence-electron chi connectivity index (χ3n) is 6.86. The van der Waals surface area contributed by atoms with E-state index in [0.717, 1.165) is 55.8 Å². The molecular formula is C24H26ClN3O2. The normalized spacial score (nSPS) is 20.4. The van der Waals surface area contributed by atoms with Crippen molar-refractivity contribution in [3.63, 3.8) is 0 Å². The third kappa shape index (κ3) is 3.61. The Morgan fingerprint density at radius 1 is 1.20 bits per heavy atom. The Bertz CT molecular complexity index is 1000. The van der Waals surface area contributed by atoms with E-state index in [9.17, 15) is 10.1 Å². The molecule has 2 aliphatic heterocycles. The molecular weight excluding hydrogens is 398 g/mol. The van der Waals surface area contributed by atoms with Crippen molar-refractivity contribution in [3.8, 4) is 6.07 Å². The highest BCUT2D eigenvalue weighted by molar-refractivity contribution is 6.32. The molecule has 2 fully saturated rings. The fourth-order valence-corrected chi connectivity index (χ4v) is 5.33. The number of hydrogen-bond acceptors (Lipinski definition) is 4. The minimum absolute atomic E-state index is 0.281. The van der Waals surface area contributed by atoms with Crippen LogP contribution >= 0.6 is 11.6 Å². The van der Waals surface area contributed by atoms with E-state index in [1.165, 1.54) is 0 Å². The molecule has 0 aromatic heterocycles. The second-order valence-electron chi connectivity index (χ2n) is 8.70. The summed E-state index contributed by atoms with van der Waals surface area (Å²) >= 11 is 6.43. The molecule has 1 N–H and O–H groups in total. The summed E-state index contributed by atoms with van der Waals surface area (Å²) in [5.41, 5.74) is 4.34. The average molecular weight is 424 g/mol. The van der Waals surface area contributed by atoms with Crippen LogP contribution in [-0.2, 0) is 0 Å². The summed E-state index contributed by atoms with van der Waals surface area (Å²) in [6.45, 7) is 7.22. The second kappa shape index (κ2) is 7.85. The van der Waals surface area contributed by atoms with E-state index in [-0.39, 0.29) is 5.41 Å². The number of piperidine rings is 1. The van der Waals surface area contributed by atoms with Crippen molar-refractivity contribution in [1.29, 1.82) is 5.26 Å². The Kier molecular flexibility index (Phi) is 5.38. The van der Waals surface area contributed by atoms with Crippen LogP contribution in [0, 0.1) is 23.7 Å². The van der Waals surface area contributed by atoms with E-state index < -0.39 is 5.97 Å². The quantitative estimate of drug-likeness (QED) is 0.743. The monoisotopic (exact) mass is 423 g/mol. The summed E-state index contributed by atoms with van der Waals surface area (Å²) in [5, 5.41) is 18.9. The van der Waals surface area contributed by atoms with Gasteiger partial charge < -0.3 is 14.9 Å². The molecule has 2 heterocycles. The van der Waals surface area contributed by atoms with Gasteiger partial charge in [0.05, 0.1) is 16.1 Å². The van der Waals surface area contributed by atoms with Gasteiger partial charge >= 0.3 is 5.97 Å². The zero-order valence-electron chi connectivity index (χ0n) is 17.4. The van der Waals surface area contributed by atoms with Crippen LogP contribution in [0.15, 0.2) is 36.4 Å². The first-order valence-corrected chi connectivity index (χ1v) is 10.8. The van der Waals surface area contributed by atoms with Crippen molar-refractivity contribution in [2.24, 2.45) is 5.41 Å². The van der Waals surface area contributed by atoms with E-state index in [0.29, 0.717) is 22.2 Å². The lowest BCUT2D eigenvalue weighted by molar-refractivity contribution is 0.0697. The Morgan fingerprint density at radius 3 is 2.47 bits per heavy atom. The summed E-state index contributed by atoms with van der Waals surface area (Å²) in [4.78, 5) is 15.9. The van der Waals surface area contributed by atoms with Crippen LogP contribution in [0.2, 0.25) is 5.02 Å². The van der Waals surface area contributed by atoms with Crippen LogP contribution in [0.25, 0.3) is 0 Å². The standard InChI is InChI=1S/C24H26ClN3O2/c1-16-13-24(15-28(16)21-8-5-19(14-26)22(25)17(21)2)9-11-27(12-10-24)20-6-3-18(4-7-20)23(29)30/h3-8,16H,9-13,15H2,1-2H3,(H,29,30). The summed E-state index contributed by atoms with van der Waals surface area (Å²) in [6, 6.07) is 13.6. The maximum atomic E-state index is 11.1. The molecule has 0 radical (unpaired) electrons. The first-order valence-electron chi connectivity index (χ1n) is 10.4. The molecule has 0 aliphatic carbocycles. The van der Waals surface area contributed by atoms with Gasteiger partial charge in [0, 0.05) is 37.1 Å². The molecule has 1 spiro atoms. The van der Waals surface area contributed by atoms with Crippen molar-refractivity contribution in [1.82, 2.24) is 0 Å². The summed E-state index contributed by atoms with van der Waals surface area (Å²) in [7, 11) is 0. The minimum Gasteiger partial charge on any atom is -0.478 e. The van der Waals surface area contributed by atoms with Gasteiger partial charge in [0.25, 0.3) is 0 Å². The maximum absolute atomic E-state index is 11.1. The van der Waals surface area contributed by atoms with Crippen molar-refractivity contribution < 1.29 is 9.90 Å². The van der Waals surface area contributed by atoms with Crippen LogP contribution in [0.4, 0.5) is 11.4 Å². The zero-order valence-corrected chi connectivity index (χ0v) is 18.1. The van der Waals surface area contributed by atoms with Crippen molar-refractivity contribution in [3.05, 3.63) is 58.1 Å². The average Bonchev–Trinajstić information content (AvgIpc) is 3.06. The molecule has 1 unspecified atom stereocenters. The van der Waals surface area contributed by atoms with Gasteiger partial charge in [-0.1, -0.05) is 11.6 Å². The highest BCUT2D eigenvalue weighted by atomic mass is 35.5. The fraction of sp³-hybridized carbons (Fsp3) is 0.417. The van der Waals surface area contributed by atoms with Gasteiger partial charge in [-0.3, -0.25) is 0 Å². The van der Waals surface area contributed by atoms with Gasteiger partial charge in [-0.2, -0.15) is 5.26 Å². The van der Waals surface area contributed by atoms with Crippen LogP contribution in [0.3, 0.4) is 0 Å². The second-order valence-corrected chi connectivity index (χ2v) is 9.08. The summed E-state index contributed by atoms with van der Waals surface area (Å²) in [5.74, 6) is -0.891. The minimum atomic E-state index is -0.891. The molecule has 2 aromatic rings. The van der Waals surface area contributed by atoms with Gasteiger partial charge in [0.2, 0.25) is 0 Å². The lowest BCUT2D eigenvalue weighted by Crippen LogP contribution is -2.41. The highest BCUT2D eigenvalue weighted by Gasteiger charge is 2.44. The number of rotatable bonds is 3. The number of hydrogen-bond donors (Lipinski definition) is 1. The van der Waals surface area contributed by atoms with E-state index in [2.05, 4.69) is 22.8 Å². The van der Waals surface area contributed by atoms with Gasteiger partial charge in [0.15, 0.2) is 0 Å². The molecule has 6 heteroatoms. The van der Waals surface area contributed by atoms with Crippen LogP contribution in [0.5, 0.6) is 0 Å². The number of nitrogens with zero attached hydrogens (tertiary/aromatic N) is 3. The number of carboxylic acid groups (broad SMARTS) is 1. The van der Waals surface area contributed by atoms with Crippen molar-refractivity contribution >= 4 is 28.9 Å². The predicted octanol–water partition coefficient (Wildman–Crippen LogP) is 5.10. The molecule has 156 valence electrons. The first-order chi connectivity index (χ1) is 14.3. The molecule has 2 saturated heterocycles. The Hall–Kier alpha value is -2.71. The Labute approximate surface area is 182 Å². The number of anilines is 2. The maximum Gasteiger partial charge on any atom is 0.335 e. The molecule has 2 aliphatic rings. The molecule has 4 rings (SSSR count). The number of carbonyl (C=O) groups is 1. The summed E-state index contributed by atoms with van der Waals surface area (Å²) < 4.78 is 0. The number of benzene rings is 2.